The summed E-state index contributed by atoms with van der Waals surface area (Å²) in [6, 6.07) is 14.9. The van der Waals surface area contributed by atoms with Gasteiger partial charge in [0.05, 0.1) is 17.5 Å². The molecule has 0 aliphatic rings. The number of hydrogen-bond donors (Lipinski definition) is 3. The van der Waals surface area contributed by atoms with Crippen molar-refractivity contribution in [3.8, 4) is 0 Å². The lowest BCUT2D eigenvalue weighted by Gasteiger charge is -2.13. The molecule has 1 amide bonds. The number of nitrogens with zero attached hydrogens (tertiary/aromatic N) is 1. The second kappa shape index (κ2) is 10.5. The van der Waals surface area contributed by atoms with Crippen LogP contribution in [0, 0.1) is 0 Å². The summed E-state index contributed by atoms with van der Waals surface area (Å²) in [5.41, 5.74) is 7.76. The molecular formula is C22H27N3O5S. The number of aliphatic hydroxyl groups excluding tert-OH is 1. The lowest BCUT2D eigenvalue weighted by atomic mass is 10.1. The van der Waals surface area contributed by atoms with Gasteiger partial charge in [0, 0.05) is 6.54 Å². The molecule has 4 N–H and O–H groups in total. The van der Waals surface area contributed by atoms with Crippen molar-refractivity contribution < 1.29 is 22.7 Å². The second-order valence-corrected chi connectivity index (χ2v) is 9.58. The number of oxazole rings is 1. The molecule has 1 unspecified atom stereocenters. The number of carbonyl (C=O) groups excluding carboxylic acids is 1. The molecule has 0 aliphatic carbocycles. The molecular weight excluding hydrogens is 418 g/mol. The number of benzene rings is 2. The maximum absolute atomic E-state index is 12.3. The van der Waals surface area contributed by atoms with Crippen molar-refractivity contribution in [2.45, 2.75) is 37.2 Å². The monoisotopic (exact) mass is 445 g/mol. The predicted molar refractivity (Wildman–Crippen MR) is 118 cm³/mol. The molecule has 2 aromatic carbocycles. The van der Waals surface area contributed by atoms with Crippen molar-refractivity contribution in [3.05, 3.63) is 66.1 Å². The molecule has 1 heterocycles. The number of rotatable bonds is 11. The van der Waals surface area contributed by atoms with Gasteiger partial charge in [0.15, 0.2) is 15.4 Å². The van der Waals surface area contributed by atoms with Gasteiger partial charge in [-0.15, -0.1) is 0 Å². The number of amides is 1. The van der Waals surface area contributed by atoms with Crippen LogP contribution < -0.4 is 11.1 Å². The first-order valence-corrected chi connectivity index (χ1v) is 12.0. The number of para-hydroxylation sites is 2. The zero-order chi connectivity index (χ0) is 22.3. The van der Waals surface area contributed by atoms with Crippen molar-refractivity contribution in [2.75, 3.05) is 12.3 Å². The fraction of sp³-hybridized carbons (Fsp3) is 0.364. The van der Waals surface area contributed by atoms with E-state index >= 15 is 0 Å². The molecule has 0 saturated heterocycles. The number of aliphatic hydroxyl groups is 1. The molecule has 0 aliphatic heterocycles. The van der Waals surface area contributed by atoms with Crippen molar-refractivity contribution in [3.63, 3.8) is 0 Å². The van der Waals surface area contributed by atoms with E-state index in [1.165, 1.54) is 0 Å². The third-order valence-corrected chi connectivity index (χ3v) is 6.44. The number of sulfone groups is 1. The average molecular weight is 446 g/mol. The molecule has 0 bridgehead atoms. The molecule has 2 atom stereocenters. The minimum absolute atomic E-state index is 0.150. The number of unbranched alkanes of at least 4 members (excludes halogenated alkanes) is 1. The van der Waals surface area contributed by atoms with E-state index in [-0.39, 0.29) is 11.6 Å². The zero-order valence-corrected chi connectivity index (χ0v) is 17.9. The summed E-state index contributed by atoms with van der Waals surface area (Å²) in [4.78, 5) is 16.4. The van der Waals surface area contributed by atoms with Crippen LogP contribution in [0.15, 0.2) is 59.0 Å². The molecule has 0 spiro atoms. The molecule has 0 radical (unpaired) electrons. The first-order valence-electron chi connectivity index (χ1n) is 10.2. The fourth-order valence-corrected chi connectivity index (χ4v) is 4.71. The first-order chi connectivity index (χ1) is 14.8. The minimum Gasteiger partial charge on any atom is -0.438 e. The predicted octanol–water partition coefficient (Wildman–Crippen LogP) is 2.09. The highest BCUT2D eigenvalue weighted by atomic mass is 32.2. The topological polar surface area (TPSA) is 136 Å². The molecule has 3 rings (SSSR count). The molecule has 166 valence electrons. The number of nitrogens with two attached hydrogens (primary N) is 1. The van der Waals surface area contributed by atoms with Crippen LogP contribution in [-0.4, -0.2) is 42.8 Å². The summed E-state index contributed by atoms with van der Waals surface area (Å²) in [5.74, 6) is -0.792. The number of nitrogens with one attached hydrogen (secondary N) is 1. The standard InChI is InChI=1S/C22H27N3O5S/c23-17(15-31(28,29)14-16-8-2-1-3-9-16)21(27)24-13-7-6-11-19(26)22-25-18-10-4-5-12-20(18)30-22/h1-5,8-10,12,17,19,26H,6-7,11,13-15,23H2,(H,24,27)/t17?,19-/m1/s1. The Labute approximate surface area is 181 Å². The number of fused-ring (bicyclic) bond motifs is 1. The van der Waals surface area contributed by atoms with E-state index < -0.39 is 33.6 Å². The third kappa shape index (κ3) is 6.88. The van der Waals surface area contributed by atoms with Crippen molar-refractivity contribution in [1.82, 2.24) is 10.3 Å². The van der Waals surface area contributed by atoms with Gasteiger partial charge in [-0.2, -0.15) is 0 Å². The maximum atomic E-state index is 12.3. The number of hydrogen-bond acceptors (Lipinski definition) is 7. The van der Waals surface area contributed by atoms with Crippen molar-refractivity contribution in [1.29, 1.82) is 0 Å². The van der Waals surface area contributed by atoms with Gasteiger partial charge in [0.2, 0.25) is 11.8 Å². The Bertz CT molecular complexity index is 1070. The van der Waals surface area contributed by atoms with Gasteiger partial charge in [-0.3, -0.25) is 4.79 Å². The van der Waals surface area contributed by atoms with Gasteiger partial charge in [0.25, 0.3) is 0 Å². The number of aromatic nitrogens is 1. The van der Waals surface area contributed by atoms with E-state index in [2.05, 4.69) is 10.3 Å². The smallest absolute Gasteiger partial charge is 0.237 e. The summed E-state index contributed by atoms with van der Waals surface area (Å²) in [6.07, 6.45) is 0.836. The van der Waals surface area contributed by atoms with E-state index in [0.717, 1.165) is 0 Å². The zero-order valence-electron chi connectivity index (χ0n) is 17.1. The SMILES string of the molecule is NC(CS(=O)(=O)Cc1ccccc1)C(=O)NCCCC[C@@H](O)c1nc2ccccc2o1. The highest BCUT2D eigenvalue weighted by molar-refractivity contribution is 7.90. The van der Waals surface area contributed by atoms with Crippen LogP contribution in [0.5, 0.6) is 0 Å². The quantitative estimate of drug-likeness (QED) is 0.385. The molecule has 1 aromatic heterocycles. The van der Waals surface area contributed by atoms with Gasteiger partial charge >= 0.3 is 0 Å². The van der Waals surface area contributed by atoms with E-state index in [9.17, 15) is 18.3 Å². The first kappa shape index (κ1) is 22.9. The Morgan fingerprint density at radius 1 is 1.10 bits per heavy atom. The fourth-order valence-electron chi connectivity index (χ4n) is 3.20. The maximum Gasteiger partial charge on any atom is 0.237 e. The van der Waals surface area contributed by atoms with Crippen LogP contribution in [-0.2, 0) is 20.4 Å². The van der Waals surface area contributed by atoms with Crippen LogP contribution >= 0.6 is 0 Å². The summed E-state index contributed by atoms with van der Waals surface area (Å²) >= 11 is 0. The Balaban J connectivity index is 1.36. The van der Waals surface area contributed by atoms with Crippen molar-refractivity contribution in [2.24, 2.45) is 5.73 Å². The lowest BCUT2D eigenvalue weighted by Crippen LogP contribution is -2.45. The van der Waals surface area contributed by atoms with Crippen LogP contribution in [0.3, 0.4) is 0 Å². The molecule has 0 saturated carbocycles. The lowest BCUT2D eigenvalue weighted by molar-refractivity contribution is -0.121. The summed E-state index contributed by atoms with van der Waals surface area (Å²) in [7, 11) is -3.50. The van der Waals surface area contributed by atoms with Gasteiger partial charge in [-0.05, 0) is 37.0 Å². The van der Waals surface area contributed by atoms with E-state index in [1.54, 1.807) is 30.3 Å². The molecule has 0 fully saturated rings. The van der Waals surface area contributed by atoms with Gasteiger partial charge in [-0.25, -0.2) is 13.4 Å². The van der Waals surface area contributed by atoms with Crippen LogP contribution in [0.4, 0.5) is 0 Å². The second-order valence-electron chi connectivity index (χ2n) is 7.47. The Morgan fingerprint density at radius 3 is 2.55 bits per heavy atom. The largest absolute Gasteiger partial charge is 0.438 e. The minimum atomic E-state index is -3.50. The summed E-state index contributed by atoms with van der Waals surface area (Å²) in [5, 5.41) is 12.9. The normalized spacial score (nSPS) is 13.7. The van der Waals surface area contributed by atoms with Crippen LogP contribution in [0.1, 0.15) is 36.8 Å². The molecule has 8 nitrogen and oxygen atoms in total. The molecule has 31 heavy (non-hydrogen) atoms. The van der Waals surface area contributed by atoms with Crippen LogP contribution in [0.25, 0.3) is 11.1 Å². The van der Waals surface area contributed by atoms with Crippen LogP contribution in [0.2, 0.25) is 0 Å². The van der Waals surface area contributed by atoms with E-state index in [0.29, 0.717) is 42.5 Å². The van der Waals surface area contributed by atoms with E-state index in [1.807, 2.05) is 24.3 Å². The van der Waals surface area contributed by atoms with Gasteiger partial charge < -0.3 is 20.6 Å². The molecule has 9 heteroatoms. The van der Waals surface area contributed by atoms with Gasteiger partial charge in [-0.1, -0.05) is 42.5 Å². The van der Waals surface area contributed by atoms with E-state index in [4.69, 9.17) is 10.2 Å². The Hall–Kier alpha value is -2.75. The third-order valence-electron chi connectivity index (χ3n) is 4.80. The van der Waals surface area contributed by atoms with Gasteiger partial charge in [0.1, 0.15) is 11.6 Å². The van der Waals surface area contributed by atoms with Crippen molar-refractivity contribution >= 4 is 26.8 Å². The summed E-state index contributed by atoms with van der Waals surface area (Å²) < 4.78 is 30.1. The average Bonchev–Trinajstić information content (AvgIpc) is 3.17. The summed E-state index contributed by atoms with van der Waals surface area (Å²) in [6.45, 7) is 0.339. The molecule has 3 aromatic rings. The Morgan fingerprint density at radius 2 is 1.81 bits per heavy atom. The highest BCUT2D eigenvalue weighted by Gasteiger charge is 2.22. The Kier molecular flexibility index (Phi) is 7.78. The highest BCUT2D eigenvalue weighted by Crippen LogP contribution is 2.23. The number of carbonyl (C=O) groups is 1.